The van der Waals surface area contributed by atoms with Crippen molar-refractivity contribution in [3.8, 4) is 0 Å². The number of amides is 1. The molecule has 3 rings (SSSR count). The maximum absolute atomic E-state index is 12.1. The smallest absolute Gasteiger partial charge is 0.250 e. The summed E-state index contributed by atoms with van der Waals surface area (Å²) in [5.41, 5.74) is 1.06. The number of benzene rings is 1. The van der Waals surface area contributed by atoms with E-state index < -0.39 is 10.0 Å². The Bertz CT molecular complexity index is 754. The molecule has 1 atom stereocenters. The van der Waals surface area contributed by atoms with Gasteiger partial charge in [0.15, 0.2) is 0 Å². The van der Waals surface area contributed by atoms with E-state index >= 15 is 0 Å². The third-order valence-electron chi connectivity index (χ3n) is 3.75. The van der Waals surface area contributed by atoms with Crippen LogP contribution in [-0.2, 0) is 14.8 Å². The van der Waals surface area contributed by atoms with Crippen LogP contribution < -0.4 is 10.0 Å². The third-order valence-corrected chi connectivity index (χ3v) is 6.55. The lowest BCUT2D eigenvalue weighted by Crippen LogP contribution is -2.39. The number of carbonyl (C=O) groups is 1. The maximum atomic E-state index is 12.1. The molecule has 0 bridgehead atoms. The summed E-state index contributed by atoms with van der Waals surface area (Å²) in [4.78, 5) is 12.1. The number of carbonyl (C=O) groups excluding carboxylic acids is 1. The van der Waals surface area contributed by atoms with Gasteiger partial charge in [-0.3, -0.25) is 4.79 Å². The quantitative estimate of drug-likeness (QED) is 0.804. The highest BCUT2D eigenvalue weighted by molar-refractivity contribution is 7.91. The standard InChI is InChI=1S/C16H18N2O3S2/c19-14(11-17-23(20,21)15-7-4-10-22-15)18-16(13-8-9-13)12-5-2-1-3-6-12/h1-7,10,13,16-17H,8-9,11H2,(H,18,19). The van der Waals surface area contributed by atoms with Crippen LogP contribution in [0.2, 0.25) is 0 Å². The number of sulfonamides is 1. The van der Waals surface area contributed by atoms with E-state index in [1.54, 1.807) is 11.4 Å². The van der Waals surface area contributed by atoms with E-state index in [9.17, 15) is 13.2 Å². The average Bonchev–Trinajstić information content (AvgIpc) is 3.23. The van der Waals surface area contributed by atoms with E-state index in [-0.39, 0.29) is 22.7 Å². The number of thiophene rings is 1. The second-order valence-electron chi connectivity index (χ2n) is 5.55. The fourth-order valence-corrected chi connectivity index (χ4v) is 4.46. The summed E-state index contributed by atoms with van der Waals surface area (Å²) in [5.74, 6) is 0.126. The van der Waals surface area contributed by atoms with E-state index in [0.717, 1.165) is 29.7 Å². The van der Waals surface area contributed by atoms with E-state index in [1.807, 2.05) is 30.3 Å². The normalized spacial score (nSPS) is 16.0. The van der Waals surface area contributed by atoms with Gasteiger partial charge in [-0.1, -0.05) is 36.4 Å². The second-order valence-corrected chi connectivity index (χ2v) is 8.49. The number of nitrogens with one attached hydrogen (secondary N) is 2. The molecule has 23 heavy (non-hydrogen) atoms. The molecule has 0 saturated heterocycles. The molecule has 0 radical (unpaired) electrons. The summed E-state index contributed by atoms with van der Waals surface area (Å²) in [5, 5.41) is 4.64. The molecule has 0 aliphatic heterocycles. The lowest BCUT2D eigenvalue weighted by molar-refractivity contribution is -0.120. The van der Waals surface area contributed by atoms with Gasteiger partial charge in [-0.15, -0.1) is 11.3 Å². The zero-order valence-corrected chi connectivity index (χ0v) is 14.1. The molecule has 1 heterocycles. The number of hydrogen-bond acceptors (Lipinski definition) is 4. The Kier molecular flexibility index (Phi) is 4.79. The fourth-order valence-electron chi connectivity index (χ4n) is 2.44. The van der Waals surface area contributed by atoms with E-state index in [2.05, 4.69) is 10.0 Å². The van der Waals surface area contributed by atoms with Crippen LogP contribution in [0.1, 0.15) is 24.4 Å². The minimum absolute atomic E-state index is 0.0464. The molecule has 2 N–H and O–H groups in total. The van der Waals surface area contributed by atoms with Gasteiger partial charge in [-0.25, -0.2) is 13.1 Å². The van der Waals surface area contributed by atoms with Crippen LogP contribution >= 0.6 is 11.3 Å². The van der Waals surface area contributed by atoms with Crippen molar-refractivity contribution in [3.05, 3.63) is 53.4 Å². The summed E-state index contributed by atoms with van der Waals surface area (Å²) < 4.78 is 26.6. The molecule has 2 aromatic rings. The summed E-state index contributed by atoms with van der Waals surface area (Å²) in [6.45, 7) is -0.254. The molecular weight excluding hydrogens is 332 g/mol. The lowest BCUT2D eigenvalue weighted by atomic mass is 10.0. The molecule has 1 amide bonds. The first-order valence-corrected chi connectivity index (χ1v) is 9.80. The number of rotatable bonds is 7. The molecule has 1 saturated carbocycles. The summed E-state index contributed by atoms with van der Waals surface area (Å²) >= 11 is 1.13. The fraction of sp³-hybridized carbons (Fsp3) is 0.312. The highest BCUT2D eigenvalue weighted by Gasteiger charge is 2.33. The summed E-state index contributed by atoms with van der Waals surface area (Å²) in [6, 6.07) is 12.9. The van der Waals surface area contributed by atoms with Gasteiger partial charge in [0.25, 0.3) is 10.0 Å². The van der Waals surface area contributed by atoms with Crippen molar-refractivity contribution in [2.75, 3.05) is 6.54 Å². The Morgan fingerprint density at radius 1 is 1.17 bits per heavy atom. The van der Waals surface area contributed by atoms with E-state index in [4.69, 9.17) is 0 Å². The van der Waals surface area contributed by atoms with Crippen molar-refractivity contribution in [1.82, 2.24) is 10.0 Å². The average molecular weight is 350 g/mol. The van der Waals surface area contributed by atoms with Gasteiger partial charge in [0, 0.05) is 0 Å². The predicted molar refractivity (Wildman–Crippen MR) is 89.6 cm³/mol. The lowest BCUT2D eigenvalue weighted by Gasteiger charge is -2.19. The monoisotopic (exact) mass is 350 g/mol. The molecule has 7 heteroatoms. The van der Waals surface area contributed by atoms with Crippen molar-refractivity contribution < 1.29 is 13.2 Å². The Morgan fingerprint density at radius 3 is 2.52 bits per heavy atom. The highest BCUT2D eigenvalue weighted by atomic mass is 32.2. The van der Waals surface area contributed by atoms with Crippen LogP contribution in [0.25, 0.3) is 0 Å². The highest BCUT2D eigenvalue weighted by Crippen LogP contribution is 2.40. The Labute approximate surface area is 139 Å². The van der Waals surface area contributed by atoms with Gasteiger partial charge in [0.1, 0.15) is 4.21 Å². The van der Waals surface area contributed by atoms with Crippen molar-refractivity contribution in [2.24, 2.45) is 5.92 Å². The molecule has 1 unspecified atom stereocenters. The van der Waals surface area contributed by atoms with Crippen LogP contribution in [0.4, 0.5) is 0 Å². The van der Waals surface area contributed by atoms with E-state index in [0.29, 0.717) is 5.92 Å². The predicted octanol–water partition coefficient (Wildman–Crippen LogP) is 2.29. The van der Waals surface area contributed by atoms with Crippen LogP contribution in [0.5, 0.6) is 0 Å². The van der Waals surface area contributed by atoms with E-state index in [1.165, 1.54) is 6.07 Å². The molecule has 1 aliphatic rings. The maximum Gasteiger partial charge on any atom is 0.250 e. The SMILES string of the molecule is O=C(CNS(=O)(=O)c1cccs1)NC(c1ccccc1)C1CC1. The van der Waals surface area contributed by atoms with Crippen LogP contribution in [-0.4, -0.2) is 20.9 Å². The topological polar surface area (TPSA) is 75.3 Å². The minimum Gasteiger partial charge on any atom is -0.348 e. The van der Waals surface area contributed by atoms with Gasteiger partial charge in [0.2, 0.25) is 5.91 Å². The molecular formula is C16H18N2O3S2. The Hall–Kier alpha value is -1.70. The number of hydrogen-bond donors (Lipinski definition) is 2. The van der Waals surface area contributed by atoms with Gasteiger partial charge >= 0.3 is 0 Å². The third kappa shape index (κ3) is 4.19. The molecule has 1 aliphatic carbocycles. The zero-order chi connectivity index (χ0) is 16.3. The first-order valence-electron chi connectivity index (χ1n) is 7.44. The summed E-state index contributed by atoms with van der Waals surface area (Å²) in [6.07, 6.45) is 2.17. The molecule has 0 spiro atoms. The van der Waals surface area contributed by atoms with Crippen molar-refractivity contribution in [3.63, 3.8) is 0 Å². The first-order chi connectivity index (χ1) is 11.1. The molecule has 5 nitrogen and oxygen atoms in total. The van der Waals surface area contributed by atoms with Gasteiger partial charge in [-0.2, -0.15) is 0 Å². The first kappa shape index (κ1) is 16.2. The molecule has 1 fully saturated rings. The molecule has 1 aromatic carbocycles. The minimum atomic E-state index is -3.61. The van der Waals surface area contributed by atoms with Gasteiger partial charge in [0.05, 0.1) is 12.6 Å². The van der Waals surface area contributed by atoms with Crippen LogP contribution in [0.3, 0.4) is 0 Å². The second kappa shape index (κ2) is 6.82. The Morgan fingerprint density at radius 2 is 1.91 bits per heavy atom. The largest absolute Gasteiger partial charge is 0.348 e. The Balaban J connectivity index is 1.60. The van der Waals surface area contributed by atoms with Gasteiger partial charge in [-0.05, 0) is 35.8 Å². The van der Waals surface area contributed by atoms with Crippen molar-refractivity contribution >= 4 is 27.3 Å². The zero-order valence-electron chi connectivity index (χ0n) is 12.4. The van der Waals surface area contributed by atoms with Crippen LogP contribution in [0, 0.1) is 5.92 Å². The van der Waals surface area contributed by atoms with Crippen molar-refractivity contribution in [2.45, 2.75) is 23.1 Å². The molecule has 122 valence electrons. The molecule has 1 aromatic heterocycles. The summed E-state index contributed by atoms with van der Waals surface area (Å²) in [7, 11) is -3.61. The van der Waals surface area contributed by atoms with Crippen LogP contribution in [0.15, 0.2) is 52.1 Å². The van der Waals surface area contributed by atoms with Crippen molar-refractivity contribution in [1.29, 1.82) is 0 Å². The van der Waals surface area contributed by atoms with Gasteiger partial charge < -0.3 is 5.32 Å².